The van der Waals surface area contributed by atoms with Crippen LogP contribution in [0.1, 0.15) is 11.1 Å². The van der Waals surface area contributed by atoms with Crippen molar-refractivity contribution in [1.82, 2.24) is 4.90 Å². The summed E-state index contributed by atoms with van der Waals surface area (Å²) in [5, 5.41) is 6.00. The number of aliphatic imine (C=N–C) groups is 3. The summed E-state index contributed by atoms with van der Waals surface area (Å²) in [4.78, 5) is 15.9. The lowest BCUT2D eigenvalue weighted by molar-refractivity contribution is 0.616. The van der Waals surface area contributed by atoms with Crippen LogP contribution < -0.4 is 10.6 Å². The van der Waals surface area contributed by atoms with Gasteiger partial charge in [-0.1, -0.05) is 6.08 Å². The molecule has 3 aliphatic rings. The number of amidine groups is 1. The predicted octanol–water partition coefficient (Wildman–Crippen LogP) is 4.26. The lowest BCUT2D eigenvalue weighted by atomic mass is 10.0. The highest BCUT2D eigenvalue weighted by atomic mass is 19.1. The molecular formula is C23H18F2N6. The van der Waals surface area contributed by atoms with Crippen molar-refractivity contribution >= 4 is 28.9 Å². The molecule has 31 heavy (non-hydrogen) atoms. The van der Waals surface area contributed by atoms with E-state index in [9.17, 15) is 8.78 Å². The number of allylic oxidation sites excluding steroid dienone is 4. The van der Waals surface area contributed by atoms with Crippen LogP contribution in [0.2, 0.25) is 0 Å². The fourth-order valence-corrected chi connectivity index (χ4v) is 3.69. The van der Waals surface area contributed by atoms with Crippen molar-refractivity contribution < 1.29 is 8.78 Å². The van der Waals surface area contributed by atoms with Gasteiger partial charge in [0.15, 0.2) is 5.84 Å². The van der Waals surface area contributed by atoms with E-state index in [2.05, 4.69) is 20.6 Å². The summed E-state index contributed by atoms with van der Waals surface area (Å²) >= 11 is 0. The molecule has 8 heteroatoms. The van der Waals surface area contributed by atoms with E-state index in [-0.39, 0.29) is 11.6 Å². The molecule has 3 aliphatic heterocycles. The van der Waals surface area contributed by atoms with Crippen molar-refractivity contribution in [3.63, 3.8) is 0 Å². The third-order valence-corrected chi connectivity index (χ3v) is 5.15. The maximum atomic E-state index is 13.7. The number of nitrogens with zero attached hydrogens (tertiary/aromatic N) is 4. The van der Waals surface area contributed by atoms with Gasteiger partial charge in [0.25, 0.3) is 0 Å². The minimum Gasteiger partial charge on any atom is -0.387 e. The summed E-state index contributed by atoms with van der Waals surface area (Å²) in [6, 6.07) is 8.93. The van der Waals surface area contributed by atoms with Crippen LogP contribution in [0.4, 0.5) is 20.2 Å². The Morgan fingerprint density at radius 2 is 1.52 bits per heavy atom. The Labute approximate surface area is 177 Å². The Morgan fingerprint density at radius 3 is 2.23 bits per heavy atom. The monoisotopic (exact) mass is 416 g/mol. The summed E-state index contributed by atoms with van der Waals surface area (Å²) in [6.07, 6.45) is 7.62. The molecule has 0 spiro atoms. The van der Waals surface area contributed by atoms with Crippen LogP contribution in [0.5, 0.6) is 0 Å². The van der Waals surface area contributed by atoms with Crippen molar-refractivity contribution in [2.45, 2.75) is 0 Å². The fourth-order valence-electron chi connectivity index (χ4n) is 3.69. The van der Waals surface area contributed by atoms with Crippen LogP contribution in [-0.2, 0) is 0 Å². The van der Waals surface area contributed by atoms with Gasteiger partial charge >= 0.3 is 0 Å². The lowest BCUT2D eigenvalue weighted by Gasteiger charge is -2.33. The van der Waals surface area contributed by atoms with Crippen molar-refractivity contribution in [1.29, 1.82) is 0 Å². The van der Waals surface area contributed by atoms with Crippen molar-refractivity contribution in [3.8, 4) is 0 Å². The molecule has 2 N–H and O–H groups in total. The Balaban J connectivity index is 1.66. The average molecular weight is 416 g/mol. The van der Waals surface area contributed by atoms with Crippen LogP contribution in [0.15, 0.2) is 87.2 Å². The van der Waals surface area contributed by atoms with E-state index >= 15 is 0 Å². The maximum absolute atomic E-state index is 13.7. The average Bonchev–Trinajstić information content (AvgIpc) is 2.78. The first-order chi connectivity index (χ1) is 15.1. The summed E-state index contributed by atoms with van der Waals surface area (Å²) in [5.74, 6) is 0.843. The molecule has 0 amide bonds. The van der Waals surface area contributed by atoms with E-state index in [1.807, 2.05) is 29.2 Å². The molecule has 0 bridgehead atoms. The Kier molecular flexibility index (Phi) is 4.47. The number of benzene rings is 2. The van der Waals surface area contributed by atoms with Crippen LogP contribution in [0.25, 0.3) is 0 Å². The quantitative estimate of drug-likeness (QED) is 0.783. The smallest absolute Gasteiger partial charge is 0.238 e. The standard InChI is InChI=1S/C23H18F2N6/c1-26-18-10-13(24)6-8-16(18)20-12-15-4-3-5-21-29-22(30-23(28-20)31(15)21)17-9-7-14(25)11-19(17)27-2/h3-12,26-27H,1-2H3. The molecule has 5 rings (SSSR count). The molecule has 0 saturated heterocycles. The predicted molar refractivity (Wildman–Crippen MR) is 120 cm³/mol. The summed E-state index contributed by atoms with van der Waals surface area (Å²) in [7, 11) is 3.45. The van der Waals surface area contributed by atoms with Gasteiger partial charge in [-0.2, -0.15) is 4.99 Å². The molecular weight excluding hydrogens is 398 g/mol. The molecule has 0 aromatic heterocycles. The minimum absolute atomic E-state index is 0.332. The molecule has 2 aromatic rings. The molecule has 0 aliphatic carbocycles. The highest BCUT2D eigenvalue weighted by Crippen LogP contribution is 2.32. The zero-order valence-electron chi connectivity index (χ0n) is 16.8. The Morgan fingerprint density at radius 1 is 0.839 bits per heavy atom. The van der Waals surface area contributed by atoms with Gasteiger partial charge in [0.05, 0.1) is 11.4 Å². The van der Waals surface area contributed by atoms with Gasteiger partial charge in [-0.15, -0.1) is 0 Å². The number of halogens is 2. The van der Waals surface area contributed by atoms with Crippen LogP contribution >= 0.6 is 0 Å². The maximum Gasteiger partial charge on any atom is 0.238 e. The van der Waals surface area contributed by atoms with Crippen LogP contribution in [0, 0.1) is 11.6 Å². The van der Waals surface area contributed by atoms with Gasteiger partial charge in [-0.25, -0.2) is 18.8 Å². The lowest BCUT2D eigenvalue weighted by Crippen LogP contribution is -2.36. The zero-order chi connectivity index (χ0) is 21.5. The molecule has 0 unspecified atom stereocenters. The molecule has 3 heterocycles. The largest absolute Gasteiger partial charge is 0.387 e. The van der Waals surface area contributed by atoms with Crippen molar-refractivity contribution in [2.24, 2.45) is 15.0 Å². The van der Waals surface area contributed by atoms with Crippen LogP contribution in [0.3, 0.4) is 0 Å². The summed E-state index contributed by atoms with van der Waals surface area (Å²) in [6.45, 7) is 0. The van der Waals surface area contributed by atoms with Gasteiger partial charge in [-0.05, 0) is 54.6 Å². The fraction of sp³-hybridized carbons (Fsp3) is 0.0870. The third kappa shape index (κ3) is 3.22. The molecule has 154 valence electrons. The van der Waals surface area contributed by atoms with E-state index < -0.39 is 0 Å². The van der Waals surface area contributed by atoms with Gasteiger partial charge in [0.2, 0.25) is 5.96 Å². The normalized spacial score (nSPS) is 16.5. The van der Waals surface area contributed by atoms with E-state index in [0.29, 0.717) is 40.3 Å². The second-order valence-corrected chi connectivity index (χ2v) is 7.01. The topological polar surface area (TPSA) is 64.4 Å². The molecule has 0 fully saturated rings. The second-order valence-electron chi connectivity index (χ2n) is 7.01. The van der Waals surface area contributed by atoms with E-state index in [0.717, 1.165) is 11.3 Å². The van der Waals surface area contributed by atoms with E-state index in [4.69, 9.17) is 4.99 Å². The molecule has 0 atom stereocenters. The van der Waals surface area contributed by atoms with Gasteiger partial charge in [0, 0.05) is 36.6 Å². The third-order valence-electron chi connectivity index (χ3n) is 5.15. The van der Waals surface area contributed by atoms with E-state index in [1.165, 1.54) is 24.3 Å². The first-order valence-electron chi connectivity index (χ1n) is 9.69. The molecule has 0 radical (unpaired) electrons. The van der Waals surface area contributed by atoms with Gasteiger partial charge in [-0.3, -0.25) is 4.90 Å². The number of hydrogen-bond acceptors (Lipinski definition) is 6. The van der Waals surface area contributed by atoms with Crippen molar-refractivity contribution in [2.75, 3.05) is 24.7 Å². The van der Waals surface area contributed by atoms with E-state index in [1.54, 1.807) is 26.2 Å². The number of guanidine groups is 1. The summed E-state index contributed by atoms with van der Waals surface area (Å²) in [5.41, 5.74) is 4.12. The Hall–Kier alpha value is -4.07. The number of nitrogens with one attached hydrogen (secondary N) is 2. The van der Waals surface area contributed by atoms with Crippen LogP contribution in [-0.4, -0.2) is 36.5 Å². The first-order valence-corrected chi connectivity index (χ1v) is 9.69. The molecule has 6 nitrogen and oxygen atoms in total. The molecule has 2 aromatic carbocycles. The number of rotatable bonds is 4. The van der Waals surface area contributed by atoms with Crippen molar-refractivity contribution in [3.05, 3.63) is 95.0 Å². The number of anilines is 2. The highest BCUT2D eigenvalue weighted by molar-refractivity contribution is 6.21. The second kappa shape index (κ2) is 7.32. The van der Waals surface area contributed by atoms with Gasteiger partial charge < -0.3 is 10.6 Å². The summed E-state index contributed by atoms with van der Waals surface area (Å²) < 4.78 is 27.4. The number of hydrogen-bond donors (Lipinski definition) is 2. The SMILES string of the molecule is CNc1cc(F)ccc1C1=NC2=NC(c3ccc(F)cc3NC)=NC3=CC=CC(=C1)N32. The zero-order valence-corrected chi connectivity index (χ0v) is 16.8. The minimum atomic E-state index is -0.349. The molecule has 0 saturated carbocycles. The van der Waals surface area contributed by atoms with Gasteiger partial charge in [0.1, 0.15) is 17.5 Å². The Bertz CT molecular complexity index is 1230. The first kappa shape index (κ1) is 18.9. The highest BCUT2D eigenvalue weighted by Gasteiger charge is 2.30.